The van der Waals surface area contributed by atoms with Crippen LogP contribution in [0.2, 0.25) is 10.0 Å². The molecule has 0 radical (unpaired) electrons. The Hall–Kier alpha value is -1.17. The first-order valence-electron chi connectivity index (χ1n) is 6.19. The Morgan fingerprint density at radius 2 is 1.32 bits per heavy atom. The zero-order valence-electron chi connectivity index (χ0n) is 10.9. The zero-order chi connectivity index (χ0) is 16.0. The Labute approximate surface area is 139 Å². The maximum Gasteiger partial charge on any atom is 0.391 e. The van der Waals surface area contributed by atoms with Crippen molar-refractivity contribution < 1.29 is 13.2 Å². The van der Waals surface area contributed by atoms with Crippen LogP contribution in [-0.2, 0) is 5.00 Å². The van der Waals surface area contributed by atoms with E-state index in [2.05, 4.69) is 4.99 Å². The normalized spacial score (nSPS) is 23.4. The van der Waals surface area contributed by atoms with Crippen LogP contribution in [-0.4, -0.2) is 11.1 Å². The van der Waals surface area contributed by atoms with Crippen molar-refractivity contribution in [2.24, 2.45) is 4.99 Å². The number of hydrogen-bond acceptors (Lipinski definition) is 2. The number of hydrogen-bond donors (Lipinski definition) is 0. The Kier molecular flexibility index (Phi) is 3.91. The van der Waals surface area contributed by atoms with E-state index in [1.165, 1.54) is 36.4 Å². The van der Waals surface area contributed by atoms with Crippen molar-refractivity contribution in [2.75, 3.05) is 0 Å². The number of nitrogens with zero attached hydrogens (tertiary/aromatic N) is 1. The molecule has 2 aromatic carbocycles. The van der Waals surface area contributed by atoms with Gasteiger partial charge in [-0.15, -0.1) is 0 Å². The predicted octanol–water partition coefficient (Wildman–Crippen LogP) is 5.90. The first-order valence-corrected chi connectivity index (χ1v) is 7.77. The highest BCUT2D eigenvalue weighted by Gasteiger charge is 2.62. The molecule has 1 nitrogen and oxygen atoms in total. The number of thioether (sulfide) groups is 1. The quantitative estimate of drug-likeness (QED) is 0.606. The van der Waals surface area contributed by atoms with Crippen molar-refractivity contribution in [3.8, 4) is 0 Å². The van der Waals surface area contributed by atoms with E-state index in [1.54, 1.807) is 12.1 Å². The molecule has 1 aliphatic rings. The second-order valence-corrected chi connectivity index (χ2v) is 6.70. The lowest BCUT2D eigenvalue weighted by molar-refractivity contribution is -0.0815. The lowest BCUT2D eigenvalue weighted by atomic mass is 10.1. The molecule has 0 aliphatic carbocycles. The fourth-order valence-corrected chi connectivity index (χ4v) is 3.38. The van der Waals surface area contributed by atoms with Gasteiger partial charge < -0.3 is 0 Å². The molecule has 1 heterocycles. The molecule has 0 saturated heterocycles. The highest BCUT2D eigenvalue weighted by molar-refractivity contribution is 8.15. The first-order chi connectivity index (χ1) is 10.3. The fraction of sp³-hybridized carbons (Fsp3) is 0.133. The van der Waals surface area contributed by atoms with Crippen LogP contribution in [0.1, 0.15) is 11.1 Å². The van der Waals surface area contributed by atoms with Crippen molar-refractivity contribution in [1.82, 2.24) is 0 Å². The molecule has 3 rings (SSSR count). The minimum atomic E-state index is -3.87. The lowest BCUT2D eigenvalue weighted by Gasteiger charge is -2.24. The molecule has 22 heavy (non-hydrogen) atoms. The third kappa shape index (κ3) is 2.62. The van der Waals surface area contributed by atoms with E-state index in [4.69, 9.17) is 23.2 Å². The smallest absolute Gasteiger partial charge is 0.217 e. The maximum absolute atomic E-state index is 15.0. The monoisotopic (exact) mass is 361 g/mol. The van der Waals surface area contributed by atoms with Gasteiger partial charge in [0.05, 0.1) is 0 Å². The second kappa shape index (κ2) is 5.48. The van der Waals surface area contributed by atoms with Crippen molar-refractivity contribution >= 4 is 40.0 Å². The molecule has 0 spiro atoms. The molecular formula is C15H8Cl2F3NS. The van der Waals surface area contributed by atoms with Crippen LogP contribution < -0.4 is 0 Å². The molecule has 7 heteroatoms. The van der Waals surface area contributed by atoms with Crippen LogP contribution in [0.25, 0.3) is 0 Å². The number of halogens is 5. The number of aliphatic imine (C=N–C) groups is 1. The standard InChI is InChI=1S/C15H8Cl2F3NS/c16-11-5-1-9(2-6-11)13-21-15(19,20)14(18,22-13)10-3-7-12(17)8-4-10/h1-8H. The fourth-order valence-electron chi connectivity index (χ4n) is 2.03. The van der Waals surface area contributed by atoms with E-state index in [-0.39, 0.29) is 10.6 Å². The summed E-state index contributed by atoms with van der Waals surface area (Å²) in [6.07, 6.45) is 0. The number of rotatable bonds is 2. The van der Waals surface area contributed by atoms with Crippen LogP contribution in [0, 0.1) is 0 Å². The van der Waals surface area contributed by atoms with Gasteiger partial charge in [0.15, 0.2) is 0 Å². The summed E-state index contributed by atoms with van der Waals surface area (Å²) in [5, 5.41) is -2.23. The SMILES string of the molecule is FC1(F)N=C(c2ccc(Cl)cc2)SC1(F)c1ccc(Cl)cc1. The van der Waals surface area contributed by atoms with E-state index in [9.17, 15) is 13.2 Å². The van der Waals surface area contributed by atoms with Gasteiger partial charge in [0.25, 0.3) is 5.00 Å². The highest BCUT2D eigenvalue weighted by Crippen LogP contribution is 2.56. The van der Waals surface area contributed by atoms with Crippen molar-refractivity contribution in [3.63, 3.8) is 0 Å². The summed E-state index contributed by atoms with van der Waals surface area (Å²) in [7, 11) is 0. The van der Waals surface area contributed by atoms with E-state index in [0.717, 1.165) is 0 Å². The van der Waals surface area contributed by atoms with Gasteiger partial charge in [0.2, 0.25) is 0 Å². The minimum absolute atomic E-state index is 0.0703. The summed E-state index contributed by atoms with van der Waals surface area (Å²) in [4.78, 5) is 3.27. The van der Waals surface area contributed by atoms with Gasteiger partial charge in [0.1, 0.15) is 5.04 Å². The summed E-state index contributed by atoms with van der Waals surface area (Å²) in [5.41, 5.74) is 0.210. The average Bonchev–Trinajstić information content (AvgIpc) is 2.71. The summed E-state index contributed by atoms with van der Waals surface area (Å²) in [5.74, 6) is 0. The molecule has 0 fully saturated rings. The molecule has 1 unspecified atom stereocenters. The van der Waals surface area contributed by atoms with E-state index < -0.39 is 11.0 Å². The molecule has 2 aromatic rings. The lowest BCUT2D eigenvalue weighted by Crippen LogP contribution is -2.33. The molecule has 0 aromatic heterocycles. The maximum atomic E-state index is 15.0. The van der Waals surface area contributed by atoms with Gasteiger partial charge in [-0.05, 0) is 24.3 Å². The Morgan fingerprint density at radius 1 is 0.818 bits per heavy atom. The van der Waals surface area contributed by atoms with Crippen LogP contribution in [0.5, 0.6) is 0 Å². The minimum Gasteiger partial charge on any atom is -0.217 e. The second-order valence-electron chi connectivity index (χ2n) is 4.67. The molecule has 0 saturated carbocycles. The predicted molar refractivity (Wildman–Crippen MR) is 84.8 cm³/mol. The van der Waals surface area contributed by atoms with Gasteiger partial charge >= 0.3 is 6.05 Å². The van der Waals surface area contributed by atoms with E-state index in [1.807, 2.05) is 0 Å². The molecule has 0 N–H and O–H groups in total. The van der Waals surface area contributed by atoms with Crippen LogP contribution in [0.3, 0.4) is 0 Å². The molecule has 1 aliphatic heterocycles. The molecule has 0 amide bonds. The molecule has 0 bridgehead atoms. The molecular weight excluding hydrogens is 354 g/mol. The Balaban J connectivity index is 1.99. The largest absolute Gasteiger partial charge is 0.391 e. The average molecular weight is 362 g/mol. The van der Waals surface area contributed by atoms with Gasteiger partial charge in [0, 0.05) is 21.2 Å². The van der Waals surface area contributed by atoms with Gasteiger partial charge in [-0.1, -0.05) is 59.2 Å². The van der Waals surface area contributed by atoms with Crippen molar-refractivity contribution in [2.45, 2.75) is 11.0 Å². The Morgan fingerprint density at radius 3 is 1.86 bits per heavy atom. The van der Waals surface area contributed by atoms with Crippen LogP contribution >= 0.6 is 35.0 Å². The van der Waals surface area contributed by atoms with Crippen LogP contribution in [0.4, 0.5) is 13.2 Å². The van der Waals surface area contributed by atoms with Gasteiger partial charge in [-0.3, -0.25) is 0 Å². The summed E-state index contributed by atoms with van der Waals surface area (Å²) in [6, 6.07) is 7.48. The van der Waals surface area contributed by atoms with Crippen LogP contribution in [0.15, 0.2) is 53.5 Å². The highest BCUT2D eigenvalue weighted by atomic mass is 35.5. The topological polar surface area (TPSA) is 12.4 Å². The molecule has 114 valence electrons. The third-order valence-corrected chi connectivity index (χ3v) is 4.96. The first kappa shape index (κ1) is 15.7. The van der Waals surface area contributed by atoms with Crippen molar-refractivity contribution in [3.05, 3.63) is 69.7 Å². The molecule has 1 atom stereocenters. The van der Waals surface area contributed by atoms with E-state index in [0.29, 0.717) is 27.4 Å². The Bertz CT molecular complexity index is 731. The zero-order valence-corrected chi connectivity index (χ0v) is 13.2. The summed E-state index contributed by atoms with van der Waals surface area (Å²) >= 11 is 11.9. The van der Waals surface area contributed by atoms with Gasteiger partial charge in [-0.2, -0.15) is 8.78 Å². The third-order valence-electron chi connectivity index (χ3n) is 3.17. The summed E-state index contributed by atoms with van der Waals surface area (Å²) in [6.45, 7) is 0. The van der Waals surface area contributed by atoms with Gasteiger partial charge in [-0.25, -0.2) is 9.38 Å². The number of benzene rings is 2. The van der Waals surface area contributed by atoms with Crippen molar-refractivity contribution in [1.29, 1.82) is 0 Å². The summed E-state index contributed by atoms with van der Waals surface area (Å²) < 4.78 is 43.3. The number of alkyl halides is 3. The van der Waals surface area contributed by atoms with E-state index >= 15 is 0 Å².